The van der Waals surface area contributed by atoms with Crippen LogP contribution in [0, 0.1) is 0 Å². The molecule has 0 radical (unpaired) electrons. The number of ether oxygens (including phenoxy) is 1. The average molecular weight is 447 g/mol. The van der Waals surface area contributed by atoms with Crippen molar-refractivity contribution in [1.29, 1.82) is 0 Å². The van der Waals surface area contributed by atoms with Crippen molar-refractivity contribution in [2.75, 3.05) is 6.54 Å². The molecule has 1 fully saturated rings. The molecule has 2 heterocycles. The number of amides is 2. The molecule has 3 rings (SSSR count). The van der Waals surface area contributed by atoms with Crippen LogP contribution < -0.4 is 5.32 Å². The first-order valence-electron chi connectivity index (χ1n) is 12.6. The molecule has 0 aromatic carbocycles. The Hall–Kier alpha value is -2.05. The van der Waals surface area contributed by atoms with Gasteiger partial charge in [0, 0.05) is 37.3 Å². The second kappa shape index (κ2) is 11.2. The van der Waals surface area contributed by atoms with E-state index in [1.54, 1.807) is 9.58 Å². The second-order valence-electron chi connectivity index (χ2n) is 10.5. The van der Waals surface area contributed by atoms with Crippen LogP contribution in [-0.4, -0.2) is 44.9 Å². The number of aromatic nitrogens is 2. The molecular formula is C25H42N4O3. The molecule has 2 aliphatic rings. The van der Waals surface area contributed by atoms with E-state index < -0.39 is 5.60 Å². The van der Waals surface area contributed by atoms with Gasteiger partial charge in [0.1, 0.15) is 5.60 Å². The smallest absolute Gasteiger partial charge is 0.410 e. The summed E-state index contributed by atoms with van der Waals surface area (Å²) in [5.74, 6) is -0.106. The lowest BCUT2D eigenvalue weighted by atomic mass is 9.97. The summed E-state index contributed by atoms with van der Waals surface area (Å²) in [5.41, 5.74) is 1.81. The van der Waals surface area contributed by atoms with Crippen molar-refractivity contribution in [3.63, 3.8) is 0 Å². The van der Waals surface area contributed by atoms with Crippen LogP contribution in [0.25, 0.3) is 0 Å². The van der Waals surface area contributed by atoms with Crippen LogP contribution in [0.3, 0.4) is 0 Å². The summed E-state index contributed by atoms with van der Waals surface area (Å²) in [5, 5.41) is 7.84. The maximum atomic E-state index is 13.3. The Morgan fingerprint density at radius 2 is 1.53 bits per heavy atom. The third-order valence-corrected chi connectivity index (χ3v) is 6.55. The van der Waals surface area contributed by atoms with Gasteiger partial charge in [0.15, 0.2) is 5.69 Å². The van der Waals surface area contributed by atoms with Crippen LogP contribution >= 0.6 is 0 Å². The maximum absolute atomic E-state index is 13.3. The SMILES string of the molecule is Cn1nc(C(=O)NC2CCCCCCCCCCC2)c2c1CCN(C(=O)OC(C)(C)C)C2. The first-order valence-corrected chi connectivity index (χ1v) is 12.6. The minimum atomic E-state index is -0.541. The molecule has 1 aliphatic heterocycles. The number of carbonyl (C=O) groups excluding carboxylic acids is 2. The molecule has 180 valence electrons. The van der Waals surface area contributed by atoms with Crippen molar-refractivity contribution in [2.45, 2.75) is 116 Å². The van der Waals surface area contributed by atoms with Crippen LogP contribution in [0.5, 0.6) is 0 Å². The summed E-state index contributed by atoms with van der Waals surface area (Å²) in [4.78, 5) is 27.5. The monoisotopic (exact) mass is 446 g/mol. The first kappa shape index (κ1) is 24.6. The Labute approximate surface area is 193 Å². The molecule has 1 aromatic rings. The highest BCUT2D eigenvalue weighted by Gasteiger charge is 2.32. The van der Waals surface area contributed by atoms with Gasteiger partial charge in [0.05, 0.1) is 6.54 Å². The fourth-order valence-corrected chi connectivity index (χ4v) is 4.82. The van der Waals surface area contributed by atoms with Crippen molar-refractivity contribution < 1.29 is 14.3 Å². The van der Waals surface area contributed by atoms with Crippen molar-refractivity contribution in [3.8, 4) is 0 Å². The minimum Gasteiger partial charge on any atom is -0.444 e. The number of carbonyl (C=O) groups is 2. The third-order valence-electron chi connectivity index (χ3n) is 6.55. The van der Waals surface area contributed by atoms with E-state index in [0.29, 0.717) is 25.2 Å². The second-order valence-corrected chi connectivity index (χ2v) is 10.5. The molecule has 0 unspecified atom stereocenters. The topological polar surface area (TPSA) is 76.5 Å². The van der Waals surface area contributed by atoms with Crippen molar-refractivity contribution in [3.05, 3.63) is 17.0 Å². The van der Waals surface area contributed by atoms with E-state index in [2.05, 4.69) is 10.4 Å². The minimum absolute atomic E-state index is 0.106. The standard InChI is InChI=1S/C25H42N4O3/c1-25(2,3)32-24(31)29-17-16-21-20(18-29)22(27-28(21)4)23(30)26-19-14-12-10-8-6-5-7-9-11-13-15-19/h19H,5-18H2,1-4H3,(H,26,30). The molecule has 7 nitrogen and oxygen atoms in total. The fraction of sp³-hybridized carbons (Fsp3) is 0.800. The molecule has 1 aliphatic carbocycles. The van der Waals surface area contributed by atoms with E-state index in [1.165, 1.54) is 44.9 Å². The van der Waals surface area contributed by atoms with Gasteiger partial charge in [0.25, 0.3) is 5.91 Å². The summed E-state index contributed by atoms with van der Waals surface area (Å²) in [6.07, 6.45) is 13.9. The van der Waals surface area contributed by atoms with Gasteiger partial charge in [-0.3, -0.25) is 9.48 Å². The van der Waals surface area contributed by atoms with Crippen LogP contribution in [0.15, 0.2) is 0 Å². The number of hydrogen-bond donors (Lipinski definition) is 1. The molecule has 2 amide bonds. The van der Waals surface area contributed by atoms with Gasteiger partial charge in [-0.1, -0.05) is 57.8 Å². The van der Waals surface area contributed by atoms with Crippen molar-refractivity contribution >= 4 is 12.0 Å². The Morgan fingerprint density at radius 1 is 0.969 bits per heavy atom. The van der Waals surface area contributed by atoms with Crippen LogP contribution in [0.2, 0.25) is 0 Å². The highest BCUT2D eigenvalue weighted by Crippen LogP contribution is 2.24. The molecule has 0 atom stereocenters. The molecule has 7 heteroatoms. The number of aryl methyl sites for hydroxylation is 1. The van der Waals surface area contributed by atoms with E-state index in [1.807, 2.05) is 27.8 Å². The molecule has 1 aromatic heterocycles. The molecule has 1 N–H and O–H groups in total. The lowest BCUT2D eigenvalue weighted by Gasteiger charge is -2.30. The van der Waals surface area contributed by atoms with Gasteiger partial charge in [0.2, 0.25) is 0 Å². The van der Waals surface area contributed by atoms with Gasteiger partial charge in [-0.05, 0) is 33.6 Å². The van der Waals surface area contributed by atoms with Gasteiger partial charge >= 0.3 is 6.09 Å². The Kier molecular flexibility index (Phi) is 8.60. The largest absolute Gasteiger partial charge is 0.444 e. The maximum Gasteiger partial charge on any atom is 0.410 e. The van der Waals surface area contributed by atoms with Crippen molar-refractivity contribution in [1.82, 2.24) is 20.0 Å². The molecule has 0 spiro atoms. The zero-order valence-corrected chi connectivity index (χ0v) is 20.5. The number of fused-ring (bicyclic) bond motifs is 1. The summed E-state index contributed by atoms with van der Waals surface area (Å²) >= 11 is 0. The van der Waals surface area contributed by atoms with Crippen molar-refractivity contribution in [2.24, 2.45) is 7.05 Å². The van der Waals surface area contributed by atoms with Crippen LogP contribution in [-0.2, 0) is 24.8 Å². The predicted molar refractivity (Wildman–Crippen MR) is 126 cm³/mol. The number of nitrogens with zero attached hydrogens (tertiary/aromatic N) is 3. The molecule has 0 bridgehead atoms. The number of nitrogens with one attached hydrogen (secondary N) is 1. The highest BCUT2D eigenvalue weighted by molar-refractivity contribution is 5.94. The molecule has 0 saturated heterocycles. The van der Waals surface area contributed by atoms with Gasteiger partial charge in [-0.2, -0.15) is 5.10 Å². The van der Waals surface area contributed by atoms with E-state index in [4.69, 9.17) is 4.74 Å². The average Bonchev–Trinajstić information content (AvgIpc) is 3.05. The summed E-state index contributed by atoms with van der Waals surface area (Å²) in [6, 6.07) is 0.199. The summed E-state index contributed by atoms with van der Waals surface area (Å²) in [6.45, 7) is 6.54. The lowest BCUT2D eigenvalue weighted by Crippen LogP contribution is -2.41. The zero-order chi connectivity index (χ0) is 23.1. The fourth-order valence-electron chi connectivity index (χ4n) is 4.82. The Morgan fingerprint density at radius 3 is 2.09 bits per heavy atom. The number of hydrogen-bond acceptors (Lipinski definition) is 4. The number of rotatable bonds is 2. The molecular weight excluding hydrogens is 404 g/mol. The van der Waals surface area contributed by atoms with Gasteiger partial charge < -0.3 is 15.0 Å². The summed E-state index contributed by atoms with van der Waals surface area (Å²) in [7, 11) is 1.88. The Bertz CT molecular complexity index is 769. The van der Waals surface area contributed by atoms with E-state index in [9.17, 15) is 9.59 Å². The first-order chi connectivity index (χ1) is 15.2. The van der Waals surface area contributed by atoms with E-state index >= 15 is 0 Å². The van der Waals surface area contributed by atoms with E-state index in [-0.39, 0.29) is 18.0 Å². The Balaban J connectivity index is 1.67. The van der Waals surface area contributed by atoms with Gasteiger partial charge in [-0.25, -0.2) is 4.79 Å². The van der Waals surface area contributed by atoms with Crippen LogP contribution in [0.4, 0.5) is 4.79 Å². The normalized spacial score (nSPS) is 19.4. The van der Waals surface area contributed by atoms with Crippen LogP contribution in [0.1, 0.15) is 113 Å². The van der Waals surface area contributed by atoms with E-state index in [0.717, 1.165) is 36.9 Å². The predicted octanol–water partition coefficient (Wildman–Crippen LogP) is 5.12. The molecule has 1 saturated carbocycles. The lowest BCUT2D eigenvalue weighted by molar-refractivity contribution is 0.0221. The zero-order valence-electron chi connectivity index (χ0n) is 20.5. The highest BCUT2D eigenvalue weighted by atomic mass is 16.6. The molecule has 32 heavy (non-hydrogen) atoms. The summed E-state index contributed by atoms with van der Waals surface area (Å²) < 4.78 is 7.35. The quantitative estimate of drug-likeness (QED) is 0.684. The third kappa shape index (κ3) is 6.97. The van der Waals surface area contributed by atoms with Gasteiger partial charge in [-0.15, -0.1) is 0 Å².